The lowest BCUT2D eigenvalue weighted by atomic mass is 9.91. The Hall–Kier alpha value is -3.40. The van der Waals surface area contributed by atoms with Gasteiger partial charge in [0.1, 0.15) is 0 Å². The Balaban J connectivity index is 1.65. The molecule has 0 radical (unpaired) electrons. The van der Waals surface area contributed by atoms with E-state index in [1.807, 2.05) is 0 Å². The van der Waals surface area contributed by atoms with Gasteiger partial charge in [0.05, 0.1) is 17.3 Å². The van der Waals surface area contributed by atoms with E-state index in [0.717, 1.165) is 40.2 Å². The first-order chi connectivity index (χ1) is 14.6. The normalized spacial score (nSPS) is 17.4. The number of pyridine rings is 1. The molecule has 0 bridgehead atoms. The van der Waals surface area contributed by atoms with Gasteiger partial charge in [0.25, 0.3) is 5.56 Å². The summed E-state index contributed by atoms with van der Waals surface area (Å²) in [4.78, 5) is 16.3. The highest BCUT2D eigenvalue weighted by Crippen LogP contribution is 2.27. The minimum absolute atomic E-state index is 0.0685. The number of hydrogen-bond acceptors (Lipinski definition) is 3. The molecule has 0 spiro atoms. The Morgan fingerprint density at radius 3 is 2.27 bits per heavy atom. The van der Waals surface area contributed by atoms with Crippen molar-refractivity contribution in [2.75, 3.05) is 0 Å². The molecule has 150 valence electrons. The summed E-state index contributed by atoms with van der Waals surface area (Å²) in [5.41, 5.74) is 10.4. The van der Waals surface area contributed by atoms with Crippen LogP contribution in [0, 0.1) is 13.8 Å². The largest absolute Gasteiger partial charge is 0.322 e. The summed E-state index contributed by atoms with van der Waals surface area (Å²) in [5.74, 6) is 0. The number of nitrogens with one attached hydrogen (secondary N) is 2. The van der Waals surface area contributed by atoms with E-state index in [1.165, 1.54) is 16.7 Å². The Labute approximate surface area is 175 Å². The molecule has 5 rings (SSSR count). The van der Waals surface area contributed by atoms with E-state index in [2.05, 4.69) is 90.0 Å². The number of benzene rings is 2. The van der Waals surface area contributed by atoms with Gasteiger partial charge in [-0.3, -0.25) is 4.79 Å². The first-order valence-electron chi connectivity index (χ1n) is 10.5. The molecule has 3 aromatic rings. The van der Waals surface area contributed by atoms with E-state index in [4.69, 9.17) is 0 Å². The maximum Gasteiger partial charge on any atom is 0.258 e. The Bertz CT molecular complexity index is 1310. The van der Waals surface area contributed by atoms with Crippen LogP contribution >= 0.6 is 0 Å². The highest BCUT2D eigenvalue weighted by Gasteiger charge is 2.26. The first kappa shape index (κ1) is 18.6. The molecule has 0 saturated heterocycles. The molecular formula is C26H25N3O. The maximum atomic E-state index is 13.2. The minimum atomic E-state index is -0.0685. The maximum absolute atomic E-state index is 13.2. The molecule has 4 nitrogen and oxygen atoms in total. The van der Waals surface area contributed by atoms with Crippen LogP contribution in [0.15, 0.2) is 58.4 Å². The predicted octanol–water partition coefficient (Wildman–Crippen LogP) is 3.45. The van der Waals surface area contributed by atoms with Gasteiger partial charge in [0.2, 0.25) is 0 Å². The molecule has 1 unspecified atom stereocenters. The van der Waals surface area contributed by atoms with Gasteiger partial charge in [0, 0.05) is 22.6 Å². The van der Waals surface area contributed by atoms with Crippen molar-refractivity contribution in [1.29, 1.82) is 0 Å². The molecule has 2 aliphatic rings. The average molecular weight is 396 g/mol. The van der Waals surface area contributed by atoms with Crippen molar-refractivity contribution in [3.05, 3.63) is 91.7 Å². The quantitative estimate of drug-likeness (QED) is 0.714. The smallest absolute Gasteiger partial charge is 0.258 e. The SMILES string of the molecule is Cc1ccc(-c2c(C3=NNC(c4ccc(C)cc4)C3)c(=O)[nH]c3c2=CCCC=3)cc1. The number of aromatic nitrogens is 1. The number of fused-ring (bicyclic) bond motifs is 1. The van der Waals surface area contributed by atoms with Gasteiger partial charge in [-0.15, -0.1) is 0 Å². The van der Waals surface area contributed by atoms with Crippen LogP contribution in [-0.2, 0) is 0 Å². The van der Waals surface area contributed by atoms with Crippen LogP contribution in [0.3, 0.4) is 0 Å². The second-order valence-electron chi connectivity index (χ2n) is 8.24. The number of aromatic amines is 1. The Morgan fingerprint density at radius 1 is 0.867 bits per heavy atom. The van der Waals surface area contributed by atoms with Crippen LogP contribution in [-0.4, -0.2) is 10.7 Å². The number of H-pyrrole nitrogens is 1. The molecular weight excluding hydrogens is 370 g/mol. The fourth-order valence-electron chi connectivity index (χ4n) is 4.35. The summed E-state index contributed by atoms with van der Waals surface area (Å²) in [6, 6.07) is 17.0. The van der Waals surface area contributed by atoms with Crippen molar-refractivity contribution >= 4 is 17.9 Å². The van der Waals surface area contributed by atoms with Gasteiger partial charge < -0.3 is 10.4 Å². The van der Waals surface area contributed by atoms with Gasteiger partial charge >= 0.3 is 0 Å². The highest BCUT2D eigenvalue weighted by atomic mass is 16.1. The van der Waals surface area contributed by atoms with Gasteiger partial charge in [-0.25, -0.2) is 0 Å². The molecule has 0 saturated carbocycles. The van der Waals surface area contributed by atoms with Crippen LogP contribution < -0.4 is 21.6 Å². The third-order valence-corrected chi connectivity index (χ3v) is 6.01. The third-order valence-electron chi connectivity index (χ3n) is 6.01. The third kappa shape index (κ3) is 3.28. The second-order valence-corrected chi connectivity index (χ2v) is 8.24. The Morgan fingerprint density at radius 2 is 1.53 bits per heavy atom. The zero-order valence-corrected chi connectivity index (χ0v) is 17.3. The topological polar surface area (TPSA) is 57.2 Å². The molecule has 2 N–H and O–H groups in total. The van der Waals surface area contributed by atoms with Crippen molar-refractivity contribution in [1.82, 2.24) is 10.4 Å². The van der Waals surface area contributed by atoms with E-state index in [1.54, 1.807) is 0 Å². The highest BCUT2D eigenvalue weighted by molar-refractivity contribution is 6.06. The lowest BCUT2D eigenvalue weighted by molar-refractivity contribution is 0.620. The van der Waals surface area contributed by atoms with Gasteiger partial charge in [-0.1, -0.05) is 71.8 Å². The summed E-state index contributed by atoms with van der Waals surface area (Å²) >= 11 is 0. The summed E-state index contributed by atoms with van der Waals surface area (Å²) in [6.07, 6.45) is 6.99. The summed E-state index contributed by atoms with van der Waals surface area (Å²) in [5, 5.41) is 6.66. The fourth-order valence-corrected chi connectivity index (χ4v) is 4.35. The molecule has 1 aromatic heterocycles. The lowest BCUT2D eigenvalue weighted by Crippen LogP contribution is -2.40. The molecule has 1 aliphatic carbocycles. The number of aryl methyl sites for hydroxylation is 2. The molecule has 0 fully saturated rings. The molecule has 2 aromatic carbocycles. The van der Waals surface area contributed by atoms with Crippen molar-refractivity contribution in [2.45, 2.75) is 39.2 Å². The van der Waals surface area contributed by atoms with Crippen molar-refractivity contribution < 1.29 is 0 Å². The average Bonchev–Trinajstić information content (AvgIpc) is 3.23. The van der Waals surface area contributed by atoms with E-state index in [9.17, 15) is 4.79 Å². The molecule has 1 aliphatic heterocycles. The number of hydrazone groups is 1. The van der Waals surface area contributed by atoms with Crippen molar-refractivity contribution in [3.8, 4) is 11.1 Å². The van der Waals surface area contributed by atoms with Gasteiger partial charge in [-0.2, -0.15) is 5.10 Å². The van der Waals surface area contributed by atoms with Crippen molar-refractivity contribution in [2.24, 2.45) is 5.10 Å². The standard InChI is InChI=1S/C26H25N3O/c1-16-7-11-18(12-8-16)22-15-23(29-28-22)25-24(19-13-9-17(2)10-14-19)20-5-3-4-6-21(20)27-26(25)30/h5-14,22,28H,3-4,15H2,1-2H3,(H,27,30). The van der Waals surface area contributed by atoms with E-state index < -0.39 is 0 Å². The van der Waals surface area contributed by atoms with Crippen molar-refractivity contribution in [3.63, 3.8) is 0 Å². The summed E-state index contributed by atoms with van der Waals surface area (Å²) in [6.45, 7) is 4.16. The number of nitrogens with zero attached hydrogens (tertiary/aromatic N) is 1. The zero-order chi connectivity index (χ0) is 20.7. The van der Waals surface area contributed by atoms with Crippen LogP contribution in [0.5, 0.6) is 0 Å². The minimum Gasteiger partial charge on any atom is -0.322 e. The van der Waals surface area contributed by atoms with E-state index in [-0.39, 0.29) is 11.6 Å². The zero-order valence-electron chi connectivity index (χ0n) is 17.3. The van der Waals surface area contributed by atoms with Crippen LogP contribution in [0.1, 0.15) is 47.6 Å². The van der Waals surface area contributed by atoms with E-state index >= 15 is 0 Å². The van der Waals surface area contributed by atoms with Crippen LogP contribution in [0.4, 0.5) is 0 Å². The lowest BCUT2D eigenvalue weighted by Gasteiger charge is -2.14. The monoisotopic (exact) mass is 395 g/mol. The summed E-state index contributed by atoms with van der Waals surface area (Å²) in [7, 11) is 0. The summed E-state index contributed by atoms with van der Waals surface area (Å²) < 4.78 is 0. The number of rotatable bonds is 3. The van der Waals surface area contributed by atoms with Crippen LogP contribution in [0.25, 0.3) is 23.3 Å². The molecule has 0 amide bonds. The predicted molar refractivity (Wildman–Crippen MR) is 123 cm³/mol. The Kier molecular flexibility index (Phi) is 4.62. The molecule has 2 heterocycles. The van der Waals surface area contributed by atoms with Gasteiger partial charge in [0.15, 0.2) is 0 Å². The number of hydrogen-bond donors (Lipinski definition) is 2. The molecule has 30 heavy (non-hydrogen) atoms. The molecule has 4 heteroatoms. The fraction of sp³-hybridized carbons (Fsp3) is 0.231. The van der Waals surface area contributed by atoms with Gasteiger partial charge in [-0.05, 0) is 37.8 Å². The van der Waals surface area contributed by atoms with E-state index in [0.29, 0.717) is 12.0 Å². The second kappa shape index (κ2) is 7.45. The first-order valence-corrected chi connectivity index (χ1v) is 10.5. The van der Waals surface area contributed by atoms with Crippen LogP contribution in [0.2, 0.25) is 0 Å². The molecule has 1 atom stereocenters.